The van der Waals surface area contributed by atoms with Crippen LogP contribution in [0.4, 0.5) is 0 Å². The van der Waals surface area contributed by atoms with Crippen molar-refractivity contribution in [3.8, 4) is 0 Å². The van der Waals surface area contributed by atoms with E-state index in [0.29, 0.717) is 0 Å². The van der Waals surface area contributed by atoms with Gasteiger partial charge in [0.2, 0.25) is 0 Å². The minimum Gasteiger partial charge on any atom is -0.480 e. The molecular formula is C13H12Cl2O4S. The molecule has 1 aromatic rings. The molecule has 0 heterocycles. The molecule has 0 saturated heterocycles. The van der Waals surface area contributed by atoms with Crippen molar-refractivity contribution >= 4 is 39.0 Å². The van der Waals surface area contributed by atoms with Gasteiger partial charge < -0.3 is 5.11 Å². The minimum absolute atomic E-state index is 0.00627. The highest BCUT2D eigenvalue weighted by molar-refractivity contribution is 7.93. The van der Waals surface area contributed by atoms with E-state index < -0.39 is 20.6 Å². The van der Waals surface area contributed by atoms with Gasteiger partial charge in [0.05, 0.1) is 9.92 Å². The molecule has 108 valence electrons. The number of benzene rings is 1. The monoisotopic (exact) mass is 334 g/mol. The van der Waals surface area contributed by atoms with Crippen molar-refractivity contribution in [3.05, 3.63) is 28.2 Å². The molecule has 0 aliphatic heterocycles. The minimum atomic E-state index is -4.06. The van der Waals surface area contributed by atoms with Crippen LogP contribution in [0.2, 0.25) is 10.0 Å². The van der Waals surface area contributed by atoms with Crippen molar-refractivity contribution in [2.75, 3.05) is 0 Å². The molecule has 2 aliphatic carbocycles. The third-order valence-electron chi connectivity index (χ3n) is 4.37. The lowest BCUT2D eigenvalue weighted by atomic mass is 9.71. The van der Waals surface area contributed by atoms with Gasteiger partial charge in [-0.15, -0.1) is 0 Å². The van der Waals surface area contributed by atoms with E-state index in [9.17, 15) is 18.3 Å². The number of aliphatic carboxylic acids is 1. The van der Waals surface area contributed by atoms with Gasteiger partial charge in [-0.2, -0.15) is 0 Å². The van der Waals surface area contributed by atoms with Crippen LogP contribution in [0.25, 0.3) is 0 Å². The maximum atomic E-state index is 12.7. The Kier molecular flexibility index (Phi) is 2.92. The Labute approximate surface area is 126 Å². The van der Waals surface area contributed by atoms with E-state index in [2.05, 4.69) is 0 Å². The second kappa shape index (κ2) is 4.12. The number of carbonyl (C=O) groups is 1. The number of hydrogen-bond acceptors (Lipinski definition) is 3. The molecular weight excluding hydrogens is 323 g/mol. The van der Waals surface area contributed by atoms with Crippen molar-refractivity contribution in [3.63, 3.8) is 0 Å². The van der Waals surface area contributed by atoms with Crippen LogP contribution < -0.4 is 0 Å². The van der Waals surface area contributed by atoms with Gasteiger partial charge in [0.25, 0.3) is 0 Å². The summed E-state index contributed by atoms with van der Waals surface area (Å²) in [5, 5.41) is 9.67. The van der Waals surface area contributed by atoms with Crippen LogP contribution in [-0.2, 0) is 14.6 Å². The molecule has 7 heteroatoms. The van der Waals surface area contributed by atoms with Crippen LogP contribution in [0, 0.1) is 5.41 Å². The van der Waals surface area contributed by atoms with Crippen LogP contribution in [0.5, 0.6) is 0 Å². The molecule has 2 saturated carbocycles. The molecule has 1 N–H and O–H groups in total. The topological polar surface area (TPSA) is 71.4 Å². The predicted octanol–water partition coefficient (Wildman–Crippen LogP) is 3.16. The smallest absolute Gasteiger partial charge is 0.325 e. The van der Waals surface area contributed by atoms with Gasteiger partial charge in [0.1, 0.15) is 0 Å². The van der Waals surface area contributed by atoms with Crippen LogP contribution in [-0.4, -0.2) is 24.2 Å². The van der Waals surface area contributed by atoms with Crippen molar-refractivity contribution in [1.82, 2.24) is 0 Å². The Bertz CT molecular complexity index is 699. The molecule has 0 unspecified atom stereocenters. The molecule has 20 heavy (non-hydrogen) atoms. The van der Waals surface area contributed by atoms with Crippen molar-refractivity contribution in [2.24, 2.45) is 5.41 Å². The molecule has 1 aromatic carbocycles. The van der Waals surface area contributed by atoms with E-state index in [-0.39, 0.29) is 33.2 Å². The first-order chi connectivity index (χ1) is 9.22. The Morgan fingerprint density at radius 2 is 1.80 bits per heavy atom. The second-order valence-corrected chi connectivity index (χ2v) is 8.80. The van der Waals surface area contributed by atoms with E-state index >= 15 is 0 Å². The highest BCUT2D eigenvalue weighted by Gasteiger charge is 2.70. The van der Waals surface area contributed by atoms with Crippen LogP contribution in [0.15, 0.2) is 23.1 Å². The zero-order chi connectivity index (χ0) is 14.8. The largest absolute Gasteiger partial charge is 0.480 e. The highest BCUT2D eigenvalue weighted by atomic mass is 35.5. The van der Waals surface area contributed by atoms with Crippen LogP contribution in [0.3, 0.4) is 0 Å². The summed E-state index contributed by atoms with van der Waals surface area (Å²) in [4.78, 5) is 11.4. The Morgan fingerprint density at radius 1 is 1.20 bits per heavy atom. The summed E-state index contributed by atoms with van der Waals surface area (Å²) in [5.41, 5.74) is -0.0729. The van der Waals surface area contributed by atoms with E-state index in [1.165, 1.54) is 18.2 Å². The number of hydrogen-bond donors (Lipinski definition) is 1. The van der Waals surface area contributed by atoms with E-state index in [1.807, 2.05) is 0 Å². The molecule has 4 nitrogen and oxygen atoms in total. The van der Waals surface area contributed by atoms with Gasteiger partial charge in [0, 0.05) is 5.02 Å². The van der Waals surface area contributed by atoms with Gasteiger partial charge in [-0.3, -0.25) is 4.79 Å². The standard InChI is InChI=1S/C13H12Cl2O4S/c14-8-1-2-9(15)10(5-8)20(18,19)13(11(16)17)6-12(7-13)3-4-12/h1-2,5H,3-4,6-7H2,(H,16,17). The van der Waals surface area contributed by atoms with Gasteiger partial charge in [-0.25, -0.2) is 8.42 Å². The lowest BCUT2D eigenvalue weighted by Crippen LogP contribution is -2.57. The zero-order valence-electron chi connectivity index (χ0n) is 10.4. The molecule has 0 radical (unpaired) electrons. The summed E-state index contributed by atoms with van der Waals surface area (Å²) >= 11 is 11.7. The quantitative estimate of drug-likeness (QED) is 0.921. The fourth-order valence-electron chi connectivity index (χ4n) is 3.04. The Hall–Kier alpha value is -0.780. The Balaban J connectivity index is 2.10. The summed E-state index contributed by atoms with van der Waals surface area (Å²) in [6.45, 7) is 0. The number of sulfone groups is 1. The average molecular weight is 335 g/mol. The van der Waals surface area contributed by atoms with E-state index in [0.717, 1.165) is 12.8 Å². The normalized spacial score (nSPS) is 22.3. The lowest BCUT2D eigenvalue weighted by molar-refractivity contribution is -0.144. The van der Waals surface area contributed by atoms with Gasteiger partial charge in [-0.05, 0) is 49.3 Å². The Morgan fingerprint density at radius 3 is 2.30 bits per heavy atom. The van der Waals surface area contributed by atoms with Crippen LogP contribution >= 0.6 is 23.2 Å². The number of carboxylic acids is 1. The molecule has 2 fully saturated rings. The summed E-state index contributed by atoms with van der Waals surface area (Å²) < 4.78 is 23.7. The maximum absolute atomic E-state index is 12.7. The summed E-state index contributed by atoms with van der Waals surface area (Å²) in [7, 11) is -4.06. The van der Waals surface area contributed by atoms with Crippen LogP contribution in [0.1, 0.15) is 25.7 Å². The van der Waals surface area contributed by atoms with Crippen molar-refractivity contribution in [2.45, 2.75) is 35.3 Å². The van der Waals surface area contributed by atoms with Gasteiger partial charge >= 0.3 is 5.97 Å². The molecule has 0 bridgehead atoms. The SMILES string of the molecule is O=C(O)C1(S(=O)(=O)c2cc(Cl)ccc2Cl)CC2(CC2)C1. The highest BCUT2D eigenvalue weighted by Crippen LogP contribution is 2.68. The fraction of sp³-hybridized carbons (Fsp3) is 0.462. The maximum Gasteiger partial charge on any atom is 0.325 e. The molecule has 0 amide bonds. The first kappa shape index (κ1) is 14.2. The summed E-state index contributed by atoms with van der Waals surface area (Å²) in [6.07, 6.45) is 2.14. The second-order valence-electron chi connectivity index (χ2n) is 5.73. The average Bonchev–Trinajstić information content (AvgIpc) is 3.09. The molecule has 0 aromatic heterocycles. The van der Waals surface area contributed by atoms with Crippen molar-refractivity contribution < 1.29 is 18.3 Å². The first-order valence-corrected chi connectivity index (χ1v) is 8.40. The number of halogens is 2. The number of rotatable bonds is 3. The fourth-order valence-corrected chi connectivity index (χ4v) is 5.95. The van der Waals surface area contributed by atoms with Crippen molar-refractivity contribution in [1.29, 1.82) is 0 Å². The lowest BCUT2D eigenvalue weighted by Gasteiger charge is -2.44. The predicted molar refractivity (Wildman–Crippen MR) is 74.9 cm³/mol. The third kappa shape index (κ3) is 1.80. The zero-order valence-corrected chi connectivity index (χ0v) is 12.7. The first-order valence-electron chi connectivity index (χ1n) is 6.16. The third-order valence-corrected chi connectivity index (χ3v) is 7.45. The van der Waals surface area contributed by atoms with E-state index in [4.69, 9.17) is 23.2 Å². The van der Waals surface area contributed by atoms with E-state index in [1.54, 1.807) is 0 Å². The number of carboxylic acid groups (broad SMARTS) is 1. The summed E-state index contributed by atoms with van der Waals surface area (Å²) in [5.74, 6) is -1.30. The van der Waals surface area contributed by atoms with Gasteiger partial charge in [-0.1, -0.05) is 23.2 Å². The summed E-state index contributed by atoms with van der Waals surface area (Å²) in [6, 6.07) is 4.07. The molecule has 2 aliphatic rings. The molecule has 1 spiro atoms. The van der Waals surface area contributed by atoms with Gasteiger partial charge in [0.15, 0.2) is 14.6 Å². The molecule has 0 atom stereocenters. The molecule has 3 rings (SSSR count).